The summed E-state index contributed by atoms with van der Waals surface area (Å²) in [6.45, 7) is 6.42. The van der Waals surface area contributed by atoms with Crippen LogP contribution in [0.15, 0.2) is 0 Å². The lowest BCUT2D eigenvalue weighted by molar-refractivity contribution is -0.142. The van der Waals surface area contributed by atoms with Gasteiger partial charge in [0.05, 0.1) is 18.7 Å². The lowest BCUT2D eigenvalue weighted by Crippen LogP contribution is -2.07. The molecule has 1 aromatic heterocycles. The molecule has 0 bridgehead atoms. The standard InChI is InChI=1S/C15H24N2O2/c1-6-11(7-12-8-13(12)15(18)19-5)14-9(2)16-17(4)10(14)3/h11-13H,6-8H2,1-5H3. The van der Waals surface area contributed by atoms with E-state index in [-0.39, 0.29) is 11.9 Å². The van der Waals surface area contributed by atoms with Crippen LogP contribution in [0.1, 0.15) is 49.1 Å². The highest BCUT2D eigenvalue weighted by molar-refractivity contribution is 5.75. The van der Waals surface area contributed by atoms with Gasteiger partial charge >= 0.3 is 5.97 Å². The van der Waals surface area contributed by atoms with E-state index in [4.69, 9.17) is 4.74 Å². The van der Waals surface area contributed by atoms with Crippen LogP contribution in [0.4, 0.5) is 0 Å². The number of hydrogen-bond donors (Lipinski definition) is 0. The van der Waals surface area contributed by atoms with Gasteiger partial charge < -0.3 is 4.74 Å². The monoisotopic (exact) mass is 264 g/mol. The topological polar surface area (TPSA) is 44.1 Å². The summed E-state index contributed by atoms with van der Waals surface area (Å²) in [5.41, 5.74) is 3.75. The average Bonchev–Trinajstić information content (AvgIpc) is 3.10. The number of aromatic nitrogens is 2. The van der Waals surface area contributed by atoms with Gasteiger partial charge in [-0.3, -0.25) is 9.48 Å². The average molecular weight is 264 g/mol. The van der Waals surface area contributed by atoms with Gasteiger partial charge in [0.25, 0.3) is 0 Å². The molecular weight excluding hydrogens is 240 g/mol. The highest BCUT2D eigenvalue weighted by Crippen LogP contribution is 2.47. The van der Waals surface area contributed by atoms with Crippen molar-refractivity contribution in [2.24, 2.45) is 18.9 Å². The Balaban J connectivity index is 2.08. The maximum atomic E-state index is 11.5. The number of carbonyl (C=O) groups is 1. The van der Waals surface area contributed by atoms with Crippen molar-refractivity contribution in [3.05, 3.63) is 17.0 Å². The van der Waals surface area contributed by atoms with Crippen molar-refractivity contribution in [2.45, 2.75) is 46.0 Å². The first kappa shape index (κ1) is 14.1. The summed E-state index contributed by atoms with van der Waals surface area (Å²) in [5, 5.41) is 4.50. The van der Waals surface area contributed by atoms with Crippen molar-refractivity contribution in [1.82, 2.24) is 9.78 Å². The molecule has 0 amide bonds. The van der Waals surface area contributed by atoms with Gasteiger partial charge in [-0.15, -0.1) is 0 Å². The minimum absolute atomic E-state index is 0.0421. The van der Waals surface area contributed by atoms with Gasteiger partial charge in [0.15, 0.2) is 0 Å². The molecule has 1 heterocycles. The van der Waals surface area contributed by atoms with Crippen LogP contribution >= 0.6 is 0 Å². The van der Waals surface area contributed by atoms with Crippen LogP contribution in [0.25, 0.3) is 0 Å². The molecule has 0 spiro atoms. The second-order valence-electron chi connectivity index (χ2n) is 5.67. The first-order valence-corrected chi connectivity index (χ1v) is 7.07. The summed E-state index contributed by atoms with van der Waals surface area (Å²) in [6, 6.07) is 0. The minimum Gasteiger partial charge on any atom is -0.469 e. The number of aryl methyl sites for hydroxylation is 2. The lowest BCUT2D eigenvalue weighted by atomic mass is 9.89. The molecule has 1 fully saturated rings. The van der Waals surface area contributed by atoms with Crippen LogP contribution in [0.5, 0.6) is 0 Å². The maximum Gasteiger partial charge on any atom is 0.308 e. The molecule has 3 atom stereocenters. The van der Waals surface area contributed by atoms with Crippen molar-refractivity contribution in [3.8, 4) is 0 Å². The smallest absolute Gasteiger partial charge is 0.308 e. The number of carbonyl (C=O) groups excluding carboxylic acids is 1. The molecule has 1 aliphatic rings. The number of rotatable bonds is 5. The van der Waals surface area contributed by atoms with Gasteiger partial charge in [0.1, 0.15) is 0 Å². The molecule has 3 unspecified atom stereocenters. The molecule has 1 aliphatic carbocycles. The Kier molecular flexibility index (Phi) is 3.97. The zero-order valence-corrected chi connectivity index (χ0v) is 12.6. The predicted molar refractivity (Wildman–Crippen MR) is 73.9 cm³/mol. The fraction of sp³-hybridized carbons (Fsp3) is 0.733. The van der Waals surface area contributed by atoms with E-state index >= 15 is 0 Å². The summed E-state index contributed by atoms with van der Waals surface area (Å²) >= 11 is 0. The zero-order chi connectivity index (χ0) is 14.2. The number of ether oxygens (including phenoxy) is 1. The lowest BCUT2D eigenvalue weighted by Gasteiger charge is -2.15. The Labute approximate surface area is 115 Å². The summed E-state index contributed by atoms with van der Waals surface area (Å²) in [6.07, 6.45) is 3.16. The van der Waals surface area contributed by atoms with Crippen LogP contribution in [0, 0.1) is 25.7 Å². The number of nitrogens with zero attached hydrogens (tertiary/aromatic N) is 2. The fourth-order valence-corrected chi connectivity index (χ4v) is 3.18. The molecule has 2 rings (SSSR count). The zero-order valence-electron chi connectivity index (χ0n) is 12.6. The maximum absolute atomic E-state index is 11.5. The molecule has 1 saturated carbocycles. The molecular formula is C15H24N2O2. The molecule has 0 N–H and O–H groups in total. The Morgan fingerprint density at radius 2 is 2.21 bits per heavy atom. The van der Waals surface area contributed by atoms with Crippen molar-refractivity contribution < 1.29 is 9.53 Å². The van der Waals surface area contributed by atoms with E-state index in [1.165, 1.54) is 18.4 Å². The van der Waals surface area contributed by atoms with Crippen LogP contribution < -0.4 is 0 Å². The highest BCUT2D eigenvalue weighted by atomic mass is 16.5. The van der Waals surface area contributed by atoms with E-state index in [0.29, 0.717) is 11.8 Å². The van der Waals surface area contributed by atoms with Gasteiger partial charge in [-0.05, 0) is 50.5 Å². The van der Waals surface area contributed by atoms with Gasteiger partial charge in [0.2, 0.25) is 0 Å². The Morgan fingerprint density at radius 1 is 1.53 bits per heavy atom. The van der Waals surface area contributed by atoms with Crippen molar-refractivity contribution in [2.75, 3.05) is 7.11 Å². The Hall–Kier alpha value is -1.32. The number of methoxy groups -OCH3 is 1. The summed E-state index contributed by atoms with van der Waals surface area (Å²) in [4.78, 5) is 11.5. The Bertz CT molecular complexity index is 479. The molecule has 4 nitrogen and oxygen atoms in total. The number of esters is 1. The molecule has 106 valence electrons. The SMILES string of the molecule is CCC(CC1CC1C(=O)OC)c1c(C)nn(C)c1C. The van der Waals surface area contributed by atoms with E-state index in [2.05, 4.69) is 25.9 Å². The Morgan fingerprint density at radius 3 is 2.68 bits per heavy atom. The first-order chi connectivity index (χ1) is 8.99. The number of hydrogen-bond acceptors (Lipinski definition) is 3. The van der Waals surface area contributed by atoms with Crippen LogP contribution in [0.2, 0.25) is 0 Å². The van der Waals surface area contributed by atoms with E-state index < -0.39 is 0 Å². The van der Waals surface area contributed by atoms with Crippen molar-refractivity contribution in [3.63, 3.8) is 0 Å². The van der Waals surface area contributed by atoms with Gasteiger partial charge in [-0.25, -0.2) is 0 Å². The van der Waals surface area contributed by atoms with Crippen molar-refractivity contribution in [1.29, 1.82) is 0 Å². The van der Waals surface area contributed by atoms with Crippen molar-refractivity contribution >= 4 is 5.97 Å². The predicted octanol–water partition coefficient (Wildman–Crippen LogP) is 2.73. The molecule has 1 aromatic rings. The van der Waals surface area contributed by atoms with Crippen LogP contribution in [0.3, 0.4) is 0 Å². The normalized spacial score (nSPS) is 23.2. The summed E-state index contributed by atoms with van der Waals surface area (Å²) in [7, 11) is 3.47. The van der Waals surface area contributed by atoms with E-state index in [1.54, 1.807) is 0 Å². The van der Waals surface area contributed by atoms with E-state index in [1.807, 2.05) is 11.7 Å². The van der Waals surface area contributed by atoms with Gasteiger partial charge in [-0.1, -0.05) is 6.92 Å². The molecule has 0 aliphatic heterocycles. The highest BCUT2D eigenvalue weighted by Gasteiger charge is 2.45. The second-order valence-corrected chi connectivity index (χ2v) is 5.67. The van der Waals surface area contributed by atoms with Gasteiger partial charge in [-0.2, -0.15) is 5.10 Å². The fourth-order valence-electron chi connectivity index (χ4n) is 3.18. The van der Waals surface area contributed by atoms with Crippen LogP contribution in [-0.4, -0.2) is 22.9 Å². The summed E-state index contributed by atoms with van der Waals surface area (Å²) in [5.74, 6) is 1.10. The third-order valence-electron chi connectivity index (χ3n) is 4.48. The molecule has 0 aromatic carbocycles. The second kappa shape index (κ2) is 5.35. The third kappa shape index (κ3) is 2.67. The molecule has 19 heavy (non-hydrogen) atoms. The largest absolute Gasteiger partial charge is 0.469 e. The quantitative estimate of drug-likeness (QED) is 0.768. The van der Waals surface area contributed by atoms with Crippen LogP contribution in [-0.2, 0) is 16.6 Å². The van der Waals surface area contributed by atoms with E-state index in [0.717, 1.165) is 25.0 Å². The minimum atomic E-state index is -0.0421. The molecule has 0 saturated heterocycles. The third-order valence-corrected chi connectivity index (χ3v) is 4.48. The molecule has 0 radical (unpaired) electrons. The first-order valence-electron chi connectivity index (χ1n) is 7.07. The molecule has 4 heteroatoms. The summed E-state index contributed by atoms with van der Waals surface area (Å²) < 4.78 is 6.78. The van der Waals surface area contributed by atoms with E-state index in [9.17, 15) is 4.79 Å². The van der Waals surface area contributed by atoms with Gasteiger partial charge in [0, 0.05) is 12.7 Å².